The second kappa shape index (κ2) is 5.96. The van der Waals surface area contributed by atoms with Gasteiger partial charge < -0.3 is 9.67 Å². The van der Waals surface area contributed by atoms with Crippen LogP contribution in [0.25, 0.3) is 11.0 Å². The second-order valence-electron chi connectivity index (χ2n) is 6.01. The van der Waals surface area contributed by atoms with Crippen LogP contribution in [0.5, 0.6) is 0 Å². The van der Waals surface area contributed by atoms with Crippen molar-refractivity contribution in [1.29, 1.82) is 0 Å². The molecule has 1 aliphatic rings. The van der Waals surface area contributed by atoms with Crippen molar-refractivity contribution in [2.75, 3.05) is 6.61 Å². The molecule has 0 unspecified atom stereocenters. The fourth-order valence-corrected chi connectivity index (χ4v) is 3.43. The van der Waals surface area contributed by atoms with Crippen molar-refractivity contribution >= 4 is 11.0 Å². The van der Waals surface area contributed by atoms with E-state index in [4.69, 9.17) is 10.1 Å². The summed E-state index contributed by atoms with van der Waals surface area (Å²) in [6.45, 7) is 0.258. The van der Waals surface area contributed by atoms with Crippen LogP contribution >= 0.6 is 0 Å². The van der Waals surface area contributed by atoms with Crippen LogP contribution in [0.3, 0.4) is 0 Å². The molecule has 20 heavy (non-hydrogen) atoms. The number of aromatic nitrogens is 2. The van der Waals surface area contributed by atoms with Gasteiger partial charge in [-0.15, -0.1) is 0 Å². The number of fused-ring (bicyclic) bond motifs is 1. The lowest BCUT2D eigenvalue weighted by Crippen LogP contribution is -2.09. The van der Waals surface area contributed by atoms with Gasteiger partial charge in [0.15, 0.2) is 0 Å². The van der Waals surface area contributed by atoms with Crippen molar-refractivity contribution in [3.05, 3.63) is 29.6 Å². The number of aliphatic hydroxyl groups is 1. The smallest absolute Gasteiger partial charge is 0.112 e. The summed E-state index contributed by atoms with van der Waals surface area (Å²) in [6, 6.07) is 6.54. The van der Waals surface area contributed by atoms with E-state index < -0.39 is 0 Å². The molecule has 1 saturated carbocycles. The molecule has 0 saturated heterocycles. The Balaban J connectivity index is 1.91. The van der Waals surface area contributed by atoms with Gasteiger partial charge in [-0.2, -0.15) is 0 Å². The minimum Gasteiger partial charge on any atom is -0.396 e. The summed E-state index contributed by atoms with van der Waals surface area (Å²) in [4.78, 5) is 4.91. The fourth-order valence-electron chi connectivity index (χ4n) is 3.43. The Morgan fingerprint density at radius 2 is 2.05 bits per heavy atom. The molecule has 1 aromatic carbocycles. The van der Waals surface area contributed by atoms with Crippen LogP contribution < -0.4 is 0 Å². The summed E-state index contributed by atoms with van der Waals surface area (Å²) in [7, 11) is 2.15. The highest BCUT2D eigenvalue weighted by atomic mass is 16.2. The zero-order chi connectivity index (χ0) is 13.9. The molecule has 3 nitrogen and oxygen atoms in total. The molecule has 1 fully saturated rings. The van der Waals surface area contributed by atoms with Crippen molar-refractivity contribution in [2.45, 2.75) is 50.9 Å². The molecule has 3 rings (SSSR count). The monoisotopic (exact) mass is 272 g/mol. The first-order valence-electron chi connectivity index (χ1n) is 7.85. The predicted octanol–water partition coefficient (Wildman–Crippen LogP) is 3.55. The molecule has 1 aliphatic carbocycles. The van der Waals surface area contributed by atoms with E-state index in [1.54, 1.807) is 0 Å². The molecule has 108 valence electrons. The van der Waals surface area contributed by atoms with E-state index in [1.807, 2.05) is 0 Å². The third kappa shape index (κ3) is 2.59. The first-order valence-corrected chi connectivity index (χ1v) is 7.85. The van der Waals surface area contributed by atoms with Gasteiger partial charge in [0.2, 0.25) is 0 Å². The molecule has 2 aromatic rings. The van der Waals surface area contributed by atoms with Gasteiger partial charge in [-0.1, -0.05) is 25.3 Å². The highest BCUT2D eigenvalue weighted by molar-refractivity contribution is 5.77. The minimum atomic E-state index is 0.258. The number of imidazole rings is 1. The van der Waals surface area contributed by atoms with Crippen molar-refractivity contribution in [3.8, 4) is 0 Å². The van der Waals surface area contributed by atoms with Gasteiger partial charge >= 0.3 is 0 Å². The molecule has 1 N–H and O–H groups in total. The standard InChI is InChI=1S/C17H24N2O/c1-19-16-10-9-13(6-5-11-20)12-15(16)18-17(19)14-7-3-2-4-8-14/h9-10,12,14,20H,2-8,11H2,1H3. The quantitative estimate of drug-likeness (QED) is 0.924. The average Bonchev–Trinajstić information content (AvgIpc) is 2.83. The van der Waals surface area contributed by atoms with Crippen molar-refractivity contribution < 1.29 is 5.11 Å². The van der Waals surface area contributed by atoms with E-state index in [1.165, 1.54) is 49.0 Å². The number of hydrogen-bond acceptors (Lipinski definition) is 2. The maximum Gasteiger partial charge on any atom is 0.112 e. The molecule has 0 radical (unpaired) electrons. The number of nitrogens with zero attached hydrogens (tertiary/aromatic N) is 2. The maximum absolute atomic E-state index is 8.94. The van der Waals surface area contributed by atoms with Crippen molar-refractivity contribution in [3.63, 3.8) is 0 Å². The number of benzene rings is 1. The number of aliphatic hydroxyl groups excluding tert-OH is 1. The van der Waals surface area contributed by atoms with Gasteiger partial charge in [-0.05, 0) is 43.4 Å². The number of aryl methyl sites for hydroxylation is 2. The van der Waals surface area contributed by atoms with Gasteiger partial charge in [0.05, 0.1) is 11.0 Å². The molecule has 3 heteroatoms. The van der Waals surface area contributed by atoms with Crippen molar-refractivity contribution in [1.82, 2.24) is 9.55 Å². The van der Waals surface area contributed by atoms with Gasteiger partial charge in [-0.3, -0.25) is 0 Å². The van der Waals surface area contributed by atoms with E-state index >= 15 is 0 Å². The molecule has 0 atom stereocenters. The molecule has 0 bridgehead atoms. The lowest BCUT2D eigenvalue weighted by atomic mass is 9.89. The highest BCUT2D eigenvalue weighted by Gasteiger charge is 2.21. The van der Waals surface area contributed by atoms with E-state index in [9.17, 15) is 0 Å². The van der Waals surface area contributed by atoms with Crippen LogP contribution in [-0.2, 0) is 13.5 Å². The van der Waals surface area contributed by atoms with Gasteiger partial charge in [0, 0.05) is 19.6 Å². The van der Waals surface area contributed by atoms with Gasteiger partial charge in [-0.25, -0.2) is 4.98 Å². The molecule has 0 aliphatic heterocycles. The Labute approximate surface area is 120 Å². The zero-order valence-electron chi connectivity index (χ0n) is 12.3. The van der Waals surface area contributed by atoms with Crippen LogP contribution in [0.2, 0.25) is 0 Å². The van der Waals surface area contributed by atoms with Crippen LogP contribution in [-0.4, -0.2) is 21.3 Å². The van der Waals surface area contributed by atoms with Crippen LogP contribution in [0.1, 0.15) is 55.8 Å². The van der Waals surface area contributed by atoms with Gasteiger partial charge in [0.1, 0.15) is 5.82 Å². The zero-order valence-corrected chi connectivity index (χ0v) is 12.3. The number of hydrogen-bond donors (Lipinski definition) is 1. The third-order valence-electron chi connectivity index (χ3n) is 4.57. The maximum atomic E-state index is 8.94. The largest absolute Gasteiger partial charge is 0.396 e. The second-order valence-corrected chi connectivity index (χ2v) is 6.01. The summed E-state index contributed by atoms with van der Waals surface area (Å²) >= 11 is 0. The molecular formula is C17H24N2O. The SMILES string of the molecule is Cn1c(C2CCCCC2)nc2cc(CCCO)ccc21. The average molecular weight is 272 g/mol. The molecule has 0 spiro atoms. The summed E-state index contributed by atoms with van der Waals surface area (Å²) < 4.78 is 2.28. The van der Waals surface area contributed by atoms with Crippen molar-refractivity contribution in [2.24, 2.45) is 7.05 Å². The van der Waals surface area contributed by atoms with Gasteiger partial charge in [0.25, 0.3) is 0 Å². The first-order chi connectivity index (χ1) is 9.79. The summed E-state index contributed by atoms with van der Waals surface area (Å²) in [5, 5.41) is 8.94. The first kappa shape index (κ1) is 13.6. The predicted molar refractivity (Wildman–Crippen MR) is 81.9 cm³/mol. The van der Waals surface area contributed by atoms with Crippen LogP contribution in [0, 0.1) is 0 Å². The molecule has 0 amide bonds. The van der Waals surface area contributed by atoms with E-state index in [0.717, 1.165) is 18.4 Å². The lowest BCUT2D eigenvalue weighted by molar-refractivity contribution is 0.288. The Morgan fingerprint density at radius 3 is 2.80 bits per heavy atom. The summed E-state index contributed by atoms with van der Waals surface area (Å²) in [6.07, 6.45) is 8.40. The minimum absolute atomic E-state index is 0.258. The summed E-state index contributed by atoms with van der Waals surface area (Å²) in [5.41, 5.74) is 3.63. The Morgan fingerprint density at radius 1 is 1.25 bits per heavy atom. The van der Waals surface area contributed by atoms with E-state index in [2.05, 4.69) is 29.8 Å². The third-order valence-corrected chi connectivity index (χ3v) is 4.57. The normalized spacial score (nSPS) is 16.9. The number of rotatable bonds is 4. The van der Waals surface area contributed by atoms with E-state index in [-0.39, 0.29) is 6.61 Å². The highest BCUT2D eigenvalue weighted by Crippen LogP contribution is 2.33. The molecular weight excluding hydrogens is 248 g/mol. The fraction of sp³-hybridized carbons (Fsp3) is 0.588. The Hall–Kier alpha value is -1.35. The summed E-state index contributed by atoms with van der Waals surface area (Å²) in [5.74, 6) is 1.90. The van der Waals surface area contributed by atoms with Crippen LogP contribution in [0.4, 0.5) is 0 Å². The van der Waals surface area contributed by atoms with Crippen LogP contribution in [0.15, 0.2) is 18.2 Å². The topological polar surface area (TPSA) is 38.0 Å². The molecule has 1 heterocycles. The lowest BCUT2D eigenvalue weighted by Gasteiger charge is -2.20. The molecule has 1 aromatic heterocycles. The Bertz CT molecular complexity index is 582. The van der Waals surface area contributed by atoms with E-state index in [0.29, 0.717) is 5.92 Å². The Kier molecular flexibility index (Phi) is 4.06.